The Morgan fingerprint density at radius 2 is 2.46 bits per heavy atom. The minimum absolute atomic E-state index is 0.0557. The molecule has 1 N–H and O–H groups in total. The molecule has 0 radical (unpaired) electrons. The van der Waals surface area contributed by atoms with Crippen LogP contribution in [-0.4, -0.2) is 17.9 Å². The van der Waals surface area contributed by atoms with Crippen molar-refractivity contribution in [3.8, 4) is 0 Å². The maximum Gasteiger partial charge on any atom is 0.265 e. The first-order valence-electron chi connectivity index (χ1n) is 3.89. The van der Waals surface area contributed by atoms with E-state index in [1.54, 1.807) is 13.1 Å². The predicted octanol–water partition coefficient (Wildman–Crippen LogP) is 0.469. The zero-order chi connectivity index (χ0) is 9.84. The Morgan fingerprint density at radius 3 is 2.85 bits per heavy atom. The van der Waals surface area contributed by atoms with Crippen molar-refractivity contribution in [1.29, 1.82) is 0 Å². The monoisotopic (exact) mass is 182 g/mol. The third kappa shape index (κ3) is 2.14. The molecule has 0 saturated heterocycles. The van der Waals surface area contributed by atoms with E-state index in [0.717, 1.165) is 0 Å². The molecule has 1 rings (SSSR count). The van der Waals surface area contributed by atoms with Crippen LogP contribution < -0.4 is 5.32 Å². The molecule has 0 fully saturated rings. The Balaban J connectivity index is 2.63. The van der Waals surface area contributed by atoms with Gasteiger partial charge in [0.25, 0.3) is 5.70 Å². The maximum absolute atomic E-state index is 11.1. The molecule has 0 heterocycles. The van der Waals surface area contributed by atoms with Gasteiger partial charge in [-0.1, -0.05) is 6.08 Å². The highest BCUT2D eigenvalue weighted by atomic mass is 16.6. The zero-order valence-corrected chi connectivity index (χ0v) is 7.19. The van der Waals surface area contributed by atoms with Crippen molar-refractivity contribution >= 4 is 5.91 Å². The van der Waals surface area contributed by atoms with Gasteiger partial charge in [0.2, 0.25) is 5.91 Å². The van der Waals surface area contributed by atoms with Crippen LogP contribution in [0, 0.1) is 16.0 Å². The number of carbonyl (C=O) groups is 1. The van der Waals surface area contributed by atoms with Gasteiger partial charge in [-0.2, -0.15) is 0 Å². The molecule has 0 aromatic carbocycles. The highest BCUT2D eigenvalue weighted by Gasteiger charge is 2.19. The van der Waals surface area contributed by atoms with Gasteiger partial charge in [0.05, 0.1) is 10.8 Å². The van der Waals surface area contributed by atoms with Crippen LogP contribution >= 0.6 is 0 Å². The molecule has 0 saturated carbocycles. The quantitative estimate of drug-likeness (QED) is 0.498. The Bertz CT molecular complexity index is 294. The average Bonchev–Trinajstić information content (AvgIpc) is 2.17. The van der Waals surface area contributed by atoms with Crippen LogP contribution in [-0.2, 0) is 4.79 Å². The van der Waals surface area contributed by atoms with Gasteiger partial charge in [-0.3, -0.25) is 14.9 Å². The zero-order valence-electron chi connectivity index (χ0n) is 7.19. The van der Waals surface area contributed by atoms with Gasteiger partial charge in [-0.15, -0.1) is 0 Å². The smallest absolute Gasteiger partial charge is 0.265 e. The van der Waals surface area contributed by atoms with Gasteiger partial charge in [-0.05, 0) is 12.5 Å². The lowest BCUT2D eigenvalue weighted by Crippen LogP contribution is -2.26. The average molecular weight is 182 g/mol. The normalized spacial score (nSPS) is 20.7. The fourth-order valence-electron chi connectivity index (χ4n) is 1.12. The number of nitrogens with one attached hydrogen (secondary N) is 1. The second-order valence-corrected chi connectivity index (χ2v) is 2.70. The highest BCUT2D eigenvalue weighted by Crippen LogP contribution is 2.16. The van der Waals surface area contributed by atoms with E-state index in [1.165, 1.54) is 12.2 Å². The van der Waals surface area contributed by atoms with E-state index >= 15 is 0 Å². The van der Waals surface area contributed by atoms with Crippen molar-refractivity contribution in [2.75, 3.05) is 7.05 Å². The van der Waals surface area contributed by atoms with Gasteiger partial charge in [0.1, 0.15) is 0 Å². The third-order valence-electron chi connectivity index (χ3n) is 1.87. The van der Waals surface area contributed by atoms with Gasteiger partial charge >= 0.3 is 0 Å². The highest BCUT2D eigenvalue weighted by molar-refractivity contribution is 5.80. The number of nitrogens with zero attached hydrogens (tertiary/aromatic N) is 1. The number of allylic oxidation sites excluding steroid dienone is 2. The molecule has 0 aliphatic heterocycles. The molecule has 5 nitrogen and oxygen atoms in total. The number of amides is 1. The molecule has 13 heavy (non-hydrogen) atoms. The lowest BCUT2D eigenvalue weighted by molar-refractivity contribution is -0.419. The molecular weight excluding hydrogens is 172 g/mol. The number of nitro groups is 1. The van der Waals surface area contributed by atoms with Gasteiger partial charge < -0.3 is 5.32 Å². The predicted molar refractivity (Wildman–Crippen MR) is 46.4 cm³/mol. The van der Waals surface area contributed by atoms with Crippen molar-refractivity contribution in [2.45, 2.75) is 6.42 Å². The first-order valence-corrected chi connectivity index (χ1v) is 3.89. The summed E-state index contributed by atoms with van der Waals surface area (Å²) in [5.41, 5.74) is 0.0557. The first kappa shape index (κ1) is 9.44. The summed E-state index contributed by atoms with van der Waals surface area (Å²) in [5, 5.41) is 12.8. The molecule has 0 aromatic heterocycles. The van der Waals surface area contributed by atoms with Crippen molar-refractivity contribution < 1.29 is 9.72 Å². The van der Waals surface area contributed by atoms with Crippen LogP contribution in [0.3, 0.4) is 0 Å². The summed E-state index contributed by atoms with van der Waals surface area (Å²) in [4.78, 5) is 20.9. The first-order chi connectivity index (χ1) is 6.15. The summed E-state index contributed by atoms with van der Waals surface area (Å²) in [7, 11) is 1.54. The van der Waals surface area contributed by atoms with Crippen LogP contribution in [0.4, 0.5) is 0 Å². The third-order valence-corrected chi connectivity index (χ3v) is 1.87. The summed E-state index contributed by atoms with van der Waals surface area (Å²) >= 11 is 0. The topological polar surface area (TPSA) is 72.2 Å². The van der Waals surface area contributed by atoms with E-state index in [0.29, 0.717) is 6.42 Å². The number of rotatable bonds is 2. The summed E-state index contributed by atoms with van der Waals surface area (Å²) in [6.07, 6.45) is 4.77. The SMILES string of the molecule is CNC(=O)C1C=CC([N+](=O)[O-])=CC1. The van der Waals surface area contributed by atoms with Crippen LogP contribution in [0.1, 0.15) is 6.42 Å². The molecule has 0 aromatic rings. The van der Waals surface area contributed by atoms with E-state index in [-0.39, 0.29) is 17.5 Å². The summed E-state index contributed by atoms with van der Waals surface area (Å²) < 4.78 is 0. The molecule has 1 unspecified atom stereocenters. The fraction of sp³-hybridized carbons (Fsp3) is 0.375. The molecule has 5 heteroatoms. The van der Waals surface area contributed by atoms with Crippen LogP contribution in [0.5, 0.6) is 0 Å². The Kier molecular flexibility index (Phi) is 2.79. The largest absolute Gasteiger partial charge is 0.359 e. The lowest BCUT2D eigenvalue weighted by atomic mass is 9.99. The second-order valence-electron chi connectivity index (χ2n) is 2.70. The summed E-state index contributed by atoms with van der Waals surface area (Å²) in [6.45, 7) is 0. The second kappa shape index (κ2) is 3.84. The fourth-order valence-corrected chi connectivity index (χ4v) is 1.12. The minimum atomic E-state index is -0.462. The van der Waals surface area contributed by atoms with Gasteiger partial charge in [-0.25, -0.2) is 0 Å². The van der Waals surface area contributed by atoms with Crippen molar-refractivity contribution in [2.24, 2.45) is 5.92 Å². The standard InChI is InChI=1S/C8H10N2O3/c1-9-8(11)6-2-4-7(5-3-6)10(12)13/h2,4-6H,3H2,1H3,(H,9,11). The van der Waals surface area contributed by atoms with Crippen LogP contribution in [0.2, 0.25) is 0 Å². The van der Waals surface area contributed by atoms with E-state index < -0.39 is 4.92 Å². The van der Waals surface area contributed by atoms with Crippen LogP contribution in [0.25, 0.3) is 0 Å². The molecule has 1 aliphatic rings. The van der Waals surface area contributed by atoms with Gasteiger partial charge in [0, 0.05) is 13.1 Å². The number of hydrogen-bond donors (Lipinski definition) is 1. The van der Waals surface area contributed by atoms with E-state index in [4.69, 9.17) is 0 Å². The summed E-state index contributed by atoms with van der Waals surface area (Å²) in [6, 6.07) is 0. The van der Waals surface area contributed by atoms with E-state index in [1.807, 2.05) is 0 Å². The molecule has 1 aliphatic carbocycles. The molecule has 0 bridgehead atoms. The number of carbonyl (C=O) groups excluding carboxylic acids is 1. The number of hydrogen-bond acceptors (Lipinski definition) is 3. The Hall–Kier alpha value is -1.65. The lowest BCUT2D eigenvalue weighted by Gasteiger charge is -2.10. The van der Waals surface area contributed by atoms with E-state index in [2.05, 4.69) is 5.32 Å². The van der Waals surface area contributed by atoms with Crippen molar-refractivity contribution in [3.63, 3.8) is 0 Å². The van der Waals surface area contributed by atoms with Crippen molar-refractivity contribution in [3.05, 3.63) is 34.0 Å². The molecular formula is C8H10N2O3. The molecule has 0 spiro atoms. The molecule has 1 atom stereocenters. The van der Waals surface area contributed by atoms with E-state index in [9.17, 15) is 14.9 Å². The van der Waals surface area contributed by atoms with Crippen LogP contribution in [0.15, 0.2) is 23.9 Å². The Labute approximate surface area is 75.3 Å². The van der Waals surface area contributed by atoms with Crippen molar-refractivity contribution in [1.82, 2.24) is 5.32 Å². The molecule has 1 amide bonds. The van der Waals surface area contributed by atoms with Gasteiger partial charge in [0.15, 0.2) is 0 Å². The Morgan fingerprint density at radius 1 is 1.77 bits per heavy atom. The summed E-state index contributed by atoms with van der Waals surface area (Å²) in [5.74, 6) is -0.386. The maximum atomic E-state index is 11.1. The minimum Gasteiger partial charge on any atom is -0.359 e. The molecule has 70 valence electrons.